The van der Waals surface area contributed by atoms with Crippen molar-refractivity contribution in [1.82, 2.24) is 0 Å². The topological polar surface area (TPSA) is 29.3 Å². The van der Waals surface area contributed by atoms with Gasteiger partial charge in [0.05, 0.1) is 16.9 Å². The van der Waals surface area contributed by atoms with E-state index in [1.165, 1.54) is 6.07 Å². The summed E-state index contributed by atoms with van der Waals surface area (Å²) in [5.41, 5.74) is 5.74. The van der Waals surface area contributed by atoms with E-state index in [0.29, 0.717) is 18.8 Å². The van der Waals surface area contributed by atoms with Gasteiger partial charge in [-0.15, -0.1) is 0 Å². The van der Waals surface area contributed by atoms with Gasteiger partial charge in [-0.05, 0) is 32.0 Å². The summed E-state index contributed by atoms with van der Waals surface area (Å²) in [6.45, 7) is 5.29. The molecule has 2 N–H and O–H groups in total. The lowest BCUT2D eigenvalue weighted by molar-refractivity contribution is -0.137. The molecule has 0 heterocycles. The van der Waals surface area contributed by atoms with E-state index < -0.39 is 11.7 Å². The van der Waals surface area contributed by atoms with Crippen LogP contribution in [0.5, 0.6) is 0 Å². The molecular formula is C11H15F3N2. The number of halogens is 3. The lowest BCUT2D eigenvalue weighted by Gasteiger charge is -2.23. The average Bonchev–Trinajstić information content (AvgIpc) is 2.20. The molecule has 0 aliphatic heterocycles. The minimum Gasteiger partial charge on any atom is -0.397 e. The van der Waals surface area contributed by atoms with Crippen molar-refractivity contribution in [3.05, 3.63) is 23.8 Å². The van der Waals surface area contributed by atoms with Crippen molar-refractivity contribution in [3.8, 4) is 0 Å². The zero-order chi connectivity index (χ0) is 12.3. The van der Waals surface area contributed by atoms with Crippen LogP contribution in [-0.4, -0.2) is 13.1 Å². The second kappa shape index (κ2) is 4.63. The van der Waals surface area contributed by atoms with Gasteiger partial charge in [-0.25, -0.2) is 0 Å². The number of rotatable bonds is 3. The Hall–Kier alpha value is -1.39. The van der Waals surface area contributed by atoms with Gasteiger partial charge in [0, 0.05) is 13.1 Å². The fourth-order valence-electron chi connectivity index (χ4n) is 1.58. The van der Waals surface area contributed by atoms with Gasteiger partial charge in [-0.1, -0.05) is 0 Å². The third-order valence-corrected chi connectivity index (χ3v) is 2.46. The lowest BCUT2D eigenvalue weighted by Crippen LogP contribution is -2.23. The lowest BCUT2D eigenvalue weighted by atomic mass is 10.1. The van der Waals surface area contributed by atoms with E-state index in [2.05, 4.69) is 0 Å². The molecule has 0 aromatic heterocycles. The number of hydrogen-bond acceptors (Lipinski definition) is 2. The molecule has 0 bridgehead atoms. The Morgan fingerprint density at radius 1 is 1.19 bits per heavy atom. The molecule has 0 fully saturated rings. The predicted molar refractivity (Wildman–Crippen MR) is 59.4 cm³/mol. The van der Waals surface area contributed by atoms with Crippen LogP contribution < -0.4 is 10.6 Å². The highest BCUT2D eigenvalue weighted by molar-refractivity contribution is 5.68. The molecule has 0 spiro atoms. The van der Waals surface area contributed by atoms with Gasteiger partial charge < -0.3 is 10.6 Å². The first kappa shape index (κ1) is 12.7. The van der Waals surface area contributed by atoms with Crippen LogP contribution in [0.1, 0.15) is 19.4 Å². The number of nitrogens with two attached hydrogens (primary N) is 1. The van der Waals surface area contributed by atoms with Crippen molar-refractivity contribution in [2.45, 2.75) is 20.0 Å². The predicted octanol–water partition coefficient (Wildman–Crippen LogP) is 3.13. The first-order chi connectivity index (χ1) is 7.40. The number of hydrogen-bond donors (Lipinski definition) is 1. The standard InChI is InChI=1S/C11H15F3N2/c1-3-16(4-2)10-6-5-8(7-9(10)15)11(12,13)14/h5-7H,3-4,15H2,1-2H3. The van der Waals surface area contributed by atoms with Crippen LogP contribution in [0.2, 0.25) is 0 Å². The molecule has 0 amide bonds. The van der Waals surface area contributed by atoms with Gasteiger partial charge in [-0.2, -0.15) is 13.2 Å². The van der Waals surface area contributed by atoms with E-state index in [9.17, 15) is 13.2 Å². The highest BCUT2D eigenvalue weighted by Gasteiger charge is 2.30. The third-order valence-electron chi connectivity index (χ3n) is 2.46. The molecule has 1 aromatic rings. The number of anilines is 2. The van der Waals surface area contributed by atoms with Crippen molar-refractivity contribution in [2.24, 2.45) is 0 Å². The first-order valence-electron chi connectivity index (χ1n) is 5.11. The Morgan fingerprint density at radius 2 is 1.75 bits per heavy atom. The molecule has 0 radical (unpaired) electrons. The monoisotopic (exact) mass is 232 g/mol. The maximum Gasteiger partial charge on any atom is 0.416 e. The minimum absolute atomic E-state index is 0.165. The molecule has 16 heavy (non-hydrogen) atoms. The molecule has 2 nitrogen and oxygen atoms in total. The van der Waals surface area contributed by atoms with Gasteiger partial charge >= 0.3 is 6.18 Å². The molecule has 0 saturated heterocycles. The quantitative estimate of drug-likeness (QED) is 0.811. The van der Waals surface area contributed by atoms with E-state index in [-0.39, 0.29) is 5.69 Å². The highest BCUT2D eigenvalue weighted by Crippen LogP contribution is 2.33. The van der Waals surface area contributed by atoms with Crippen LogP contribution in [0.15, 0.2) is 18.2 Å². The Bertz CT molecular complexity index is 357. The molecule has 0 unspecified atom stereocenters. The Kier molecular flexibility index (Phi) is 3.67. The summed E-state index contributed by atoms with van der Waals surface area (Å²) in [5.74, 6) is 0. The molecule has 5 heteroatoms. The van der Waals surface area contributed by atoms with Gasteiger partial charge in [0.2, 0.25) is 0 Å². The second-order valence-corrected chi connectivity index (χ2v) is 3.44. The maximum absolute atomic E-state index is 12.4. The maximum atomic E-state index is 12.4. The van der Waals surface area contributed by atoms with E-state index >= 15 is 0 Å². The summed E-state index contributed by atoms with van der Waals surface area (Å²) in [6.07, 6.45) is -4.34. The molecular weight excluding hydrogens is 217 g/mol. The Morgan fingerprint density at radius 3 is 2.12 bits per heavy atom. The third kappa shape index (κ3) is 2.59. The smallest absolute Gasteiger partial charge is 0.397 e. The molecule has 90 valence electrons. The molecule has 1 rings (SSSR count). The second-order valence-electron chi connectivity index (χ2n) is 3.44. The first-order valence-corrected chi connectivity index (χ1v) is 5.11. The largest absolute Gasteiger partial charge is 0.416 e. The van der Waals surface area contributed by atoms with Crippen molar-refractivity contribution in [2.75, 3.05) is 23.7 Å². The fraction of sp³-hybridized carbons (Fsp3) is 0.455. The van der Waals surface area contributed by atoms with Gasteiger partial charge in [0.1, 0.15) is 0 Å². The Labute approximate surface area is 92.9 Å². The van der Waals surface area contributed by atoms with Crippen molar-refractivity contribution in [1.29, 1.82) is 0 Å². The highest BCUT2D eigenvalue weighted by atomic mass is 19.4. The summed E-state index contributed by atoms with van der Waals surface area (Å²) in [4.78, 5) is 1.91. The van der Waals surface area contributed by atoms with E-state index in [1.54, 1.807) is 0 Å². The number of nitrogens with zero attached hydrogens (tertiary/aromatic N) is 1. The van der Waals surface area contributed by atoms with E-state index in [4.69, 9.17) is 5.73 Å². The van der Waals surface area contributed by atoms with E-state index in [1.807, 2.05) is 18.7 Å². The summed E-state index contributed by atoms with van der Waals surface area (Å²) >= 11 is 0. The van der Waals surface area contributed by atoms with Crippen LogP contribution in [0.25, 0.3) is 0 Å². The summed E-state index contributed by atoms with van der Waals surface area (Å²) in [6, 6.07) is 3.46. The molecule has 0 atom stereocenters. The number of alkyl halides is 3. The fourth-order valence-corrected chi connectivity index (χ4v) is 1.58. The van der Waals surface area contributed by atoms with Crippen LogP contribution in [0, 0.1) is 0 Å². The van der Waals surface area contributed by atoms with Crippen LogP contribution in [-0.2, 0) is 6.18 Å². The Balaban J connectivity index is 3.09. The van der Waals surface area contributed by atoms with E-state index in [0.717, 1.165) is 12.1 Å². The zero-order valence-electron chi connectivity index (χ0n) is 9.30. The van der Waals surface area contributed by atoms with Crippen molar-refractivity contribution >= 4 is 11.4 Å². The summed E-state index contributed by atoms with van der Waals surface area (Å²) in [5, 5.41) is 0. The molecule has 1 aromatic carbocycles. The van der Waals surface area contributed by atoms with Crippen LogP contribution in [0.4, 0.5) is 24.5 Å². The van der Waals surface area contributed by atoms with Crippen LogP contribution in [0.3, 0.4) is 0 Å². The number of benzene rings is 1. The SMILES string of the molecule is CCN(CC)c1ccc(C(F)(F)F)cc1N. The summed E-state index contributed by atoms with van der Waals surface area (Å²) in [7, 11) is 0. The normalized spacial score (nSPS) is 11.6. The molecule has 0 saturated carbocycles. The van der Waals surface area contributed by atoms with Gasteiger partial charge in [0.15, 0.2) is 0 Å². The number of nitrogen functional groups attached to an aromatic ring is 1. The van der Waals surface area contributed by atoms with Gasteiger partial charge in [0.25, 0.3) is 0 Å². The van der Waals surface area contributed by atoms with Gasteiger partial charge in [-0.3, -0.25) is 0 Å². The minimum atomic E-state index is -4.34. The zero-order valence-corrected chi connectivity index (χ0v) is 9.30. The molecule has 0 aliphatic carbocycles. The molecule has 0 aliphatic rings. The summed E-state index contributed by atoms with van der Waals surface area (Å²) < 4.78 is 37.2. The van der Waals surface area contributed by atoms with Crippen molar-refractivity contribution in [3.63, 3.8) is 0 Å². The van der Waals surface area contributed by atoms with Crippen molar-refractivity contribution < 1.29 is 13.2 Å². The average molecular weight is 232 g/mol. The van der Waals surface area contributed by atoms with Crippen LogP contribution >= 0.6 is 0 Å².